The zero-order chi connectivity index (χ0) is 11.7. The van der Waals surface area contributed by atoms with Gasteiger partial charge in [-0.15, -0.1) is 0 Å². The summed E-state index contributed by atoms with van der Waals surface area (Å²) in [4.78, 5) is 18.5. The number of benzene rings is 1. The fourth-order valence-electron chi connectivity index (χ4n) is 0.638. The minimum atomic E-state index is -3.24. The van der Waals surface area contributed by atoms with Crippen molar-refractivity contribution in [1.29, 1.82) is 0 Å². The van der Waals surface area contributed by atoms with Gasteiger partial charge < -0.3 is 14.9 Å². The second kappa shape index (κ2) is 10.9. The van der Waals surface area contributed by atoms with E-state index in [0.717, 1.165) is 5.56 Å². The van der Waals surface area contributed by atoms with Crippen LogP contribution in [0.4, 0.5) is 0 Å². The van der Waals surface area contributed by atoms with Crippen LogP contribution in [0.1, 0.15) is 5.56 Å². The molecule has 0 aliphatic carbocycles. The molecule has 0 saturated carbocycles. The van der Waals surface area contributed by atoms with Crippen LogP contribution < -0.4 is 9.79 Å². The average Bonchev–Trinajstić information content (AvgIpc) is 2.18. The minimum Gasteiger partial charge on any atom is -0.563 e. The molecule has 0 amide bonds. The van der Waals surface area contributed by atoms with Crippen LogP contribution in [0.25, 0.3) is 0 Å². The Hall–Kier alpha value is -0.571. The van der Waals surface area contributed by atoms with Gasteiger partial charge in [0.2, 0.25) is 0 Å². The fraction of sp³-hybridized carbons (Fsp3) is 0.143. The van der Waals surface area contributed by atoms with E-state index >= 15 is 0 Å². The molecule has 0 radical (unpaired) electrons. The summed E-state index contributed by atoms with van der Waals surface area (Å²) < 4.78 is 21.6. The first kappa shape index (κ1) is 17.8. The van der Waals surface area contributed by atoms with Crippen molar-refractivity contribution in [3.63, 3.8) is 0 Å². The second-order valence-electron chi connectivity index (χ2n) is 2.17. The molecule has 1 aromatic carbocycles. The van der Waals surface area contributed by atoms with Gasteiger partial charge in [0, 0.05) is 0 Å². The van der Waals surface area contributed by atoms with E-state index in [4.69, 9.17) is 5.11 Å². The van der Waals surface area contributed by atoms with Gasteiger partial charge in [-0.05, 0) is 14.7 Å². The molecule has 16 heavy (non-hydrogen) atoms. The molecule has 82 valence electrons. The Balaban J connectivity index is 0. The first-order valence-electron chi connectivity index (χ1n) is 3.68. The van der Waals surface area contributed by atoms with E-state index in [0.29, 0.717) is 0 Å². The summed E-state index contributed by atoms with van der Waals surface area (Å²) in [6.07, 6.45) is 0. The smallest absolute Gasteiger partial charge is 0.563 e. The van der Waals surface area contributed by atoms with Crippen molar-refractivity contribution >= 4 is 26.6 Å². The van der Waals surface area contributed by atoms with Crippen LogP contribution in [0.15, 0.2) is 30.3 Å². The Bertz CT molecular complexity index is 308. The number of aliphatic hydroxyl groups excluding tert-OH is 1. The molecule has 1 rings (SSSR count). The van der Waals surface area contributed by atoms with Gasteiger partial charge in [0.05, 0.1) is 6.61 Å². The number of hydrogen-bond acceptors (Lipinski definition) is 6. The molecular weight excluding hydrogens is 251 g/mol. The third-order valence-corrected chi connectivity index (χ3v) is 2.23. The van der Waals surface area contributed by atoms with Gasteiger partial charge in [0.1, 0.15) is 4.31 Å². The van der Waals surface area contributed by atoms with Gasteiger partial charge in [-0.1, -0.05) is 30.3 Å². The van der Waals surface area contributed by atoms with Gasteiger partial charge in [-0.25, -0.2) is 0 Å². The molecular formula is C7H8BeO6P2+2. The minimum absolute atomic E-state index is 0. The van der Waals surface area contributed by atoms with E-state index in [9.17, 15) is 18.9 Å². The van der Waals surface area contributed by atoms with Gasteiger partial charge in [-0.2, -0.15) is 0 Å². The molecule has 0 fully saturated rings. The van der Waals surface area contributed by atoms with E-state index in [1.807, 2.05) is 30.3 Å². The standard InChI is InChI=1S/C7H8O.Be.O5P2/c8-6-7-4-2-1-3-5-7;;1-6(2)5-7(3)4/h1-5,8H,6H2;;/q;+2;. The van der Waals surface area contributed by atoms with Crippen LogP contribution in [-0.2, 0) is 20.0 Å². The molecule has 0 aliphatic heterocycles. The van der Waals surface area contributed by atoms with E-state index in [1.165, 1.54) is 0 Å². The summed E-state index contributed by atoms with van der Waals surface area (Å²) in [5.41, 5.74) is 0.965. The Morgan fingerprint density at radius 3 is 1.75 bits per heavy atom. The fourth-order valence-corrected chi connectivity index (χ4v) is 1.07. The first-order chi connectivity index (χ1) is 7.06. The Morgan fingerprint density at radius 1 is 1.12 bits per heavy atom. The largest absolute Gasteiger partial charge is 2.00 e. The number of aliphatic hydroxyl groups is 1. The quantitative estimate of drug-likeness (QED) is 0.596. The van der Waals surface area contributed by atoms with Crippen molar-refractivity contribution in [2.24, 2.45) is 0 Å². The van der Waals surface area contributed by atoms with Crippen molar-refractivity contribution in [2.75, 3.05) is 0 Å². The molecule has 0 spiro atoms. The molecule has 1 aromatic rings. The molecule has 0 heterocycles. The number of rotatable bonds is 3. The molecule has 6 nitrogen and oxygen atoms in total. The van der Waals surface area contributed by atoms with Crippen molar-refractivity contribution in [2.45, 2.75) is 6.61 Å². The van der Waals surface area contributed by atoms with Crippen LogP contribution in [0.2, 0.25) is 0 Å². The Kier molecular flexibility index (Phi) is 12.2. The molecule has 2 atom stereocenters. The molecule has 9 heteroatoms. The molecule has 2 unspecified atom stereocenters. The van der Waals surface area contributed by atoms with Gasteiger partial charge in [0.15, 0.2) is 0 Å². The predicted octanol–water partition coefficient (Wildman–Crippen LogP) is -0.164. The maximum atomic E-state index is 9.24. The molecule has 0 bridgehead atoms. The average molecular weight is 259 g/mol. The molecule has 0 saturated heterocycles. The van der Waals surface area contributed by atoms with Crippen molar-refractivity contribution < 1.29 is 28.3 Å². The van der Waals surface area contributed by atoms with Crippen molar-refractivity contribution in [3.05, 3.63) is 35.9 Å². The van der Waals surface area contributed by atoms with E-state index in [-0.39, 0.29) is 16.7 Å². The summed E-state index contributed by atoms with van der Waals surface area (Å²) in [5, 5.41) is 8.54. The van der Waals surface area contributed by atoms with Crippen LogP contribution >= 0.6 is 16.5 Å². The summed E-state index contributed by atoms with van der Waals surface area (Å²) >= 11 is 0. The monoisotopic (exact) mass is 259 g/mol. The maximum Gasteiger partial charge on any atom is 2.00 e. The van der Waals surface area contributed by atoms with Crippen molar-refractivity contribution in [3.8, 4) is 0 Å². The van der Waals surface area contributed by atoms with Gasteiger partial charge in [0.25, 0.3) is 0 Å². The van der Waals surface area contributed by atoms with E-state index in [2.05, 4.69) is 4.31 Å². The predicted molar refractivity (Wildman–Crippen MR) is 54.4 cm³/mol. The topological polar surface area (TPSA) is 110 Å². The summed E-state index contributed by atoms with van der Waals surface area (Å²) in [5.74, 6) is 0. The summed E-state index contributed by atoms with van der Waals surface area (Å²) in [6.45, 7) is 0.140. The third kappa shape index (κ3) is 11.5. The van der Waals surface area contributed by atoms with E-state index < -0.39 is 16.5 Å². The second-order valence-corrected chi connectivity index (χ2v) is 3.72. The van der Waals surface area contributed by atoms with Gasteiger partial charge in [-0.3, -0.25) is 0 Å². The maximum absolute atomic E-state index is 9.24. The van der Waals surface area contributed by atoms with Crippen LogP contribution in [-0.4, -0.2) is 15.2 Å². The number of hydrogen-bond donors (Lipinski definition) is 1. The molecule has 0 aromatic heterocycles. The van der Waals surface area contributed by atoms with Gasteiger partial charge >= 0.3 is 26.6 Å². The Morgan fingerprint density at radius 2 is 1.56 bits per heavy atom. The zero-order valence-corrected chi connectivity index (χ0v) is 9.97. The SMILES string of the molecule is O=[P+]([O-])O[P+](=O)[O-].OCc1ccccc1.[Be+2]. The Labute approximate surface area is 98.0 Å². The third-order valence-electron chi connectivity index (χ3n) is 1.16. The summed E-state index contributed by atoms with van der Waals surface area (Å²) in [6, 6.07) is 9.52. The molecule has 0 aliphatic rings. The van der Waals surface area contributed by atoms with Crippen LogP contribution in [0.5, 0.6) is 0 Å². The van der Waals surface area contributed by atoms with Crippen LogP contribution in [0.3, 0.4) is 0 Å². The van der Waals surface area contributed by atoms with Crippen molar-refractivity contribution in [1.82, 2.24) is 0 Å². The first-order valence-corrected chi connectivity index (χ1v) is 5.87. The summed E-state index contributed by atoms with van der Waals surface area (Å²) in [7, 11) is -6.47. The normalized spacial score (nSPS) is 10.4. The van der Waals surface area contributed by atoms with Crippen LogP contribution in [0, 0.1) is 0 Å². The zero-order valence-electron chi connectivity index (χ0n) is 8.18. The molecule has 1 N–H and O–H groups in total. The van der Waals surface area contributed by atoms with E-state index in [1.54, 1.807) is 0 Å².